The van der Waals surface area contributed by atoms with E-state index in [1.54, 1.807) is 0 Å². The second kappa shape index (κ2) is 6.46. The molecule has 1 aromatic heterocycles. The Labute approximate surface area is 165 Å². The summed E-state index contributed by atoms with van der Waals surface area (Å²) < 4.78 is 5.84. The second-order valence-electron chi connectivity index (χ2n) is 9.40. The summed E-state index contributed by atoms with van der Waals surface area (Å²) in [7, 11) is 0. The number of rotatable bonds is 3. The fraction of sp³-hybridized carbons (Fsp3) is 0.800. The molecule has 4 bridgehead atoms. The minimum atomic E-state index is -0.422. The predicted octanol–water partition coefficient (Wildman–Crippen LogP) is 3.10. The van der Waals surface area contributed by atoms with Crippen molar-refractivity contribution in [3.63, 3.8) is 0 Å². The minimum Gasteiger partial charge on any atom is -0.390 e. The van der Waals surface area contributed by atoms with Gasteiger partial charge in [-0.25, -0.2) is 4.98 Å². The van der Waals surface area contributed by atoms with Crippen molar-refractivity contribution in [2.45, 2.75) is 69.8 Å². The fourth-order valence-electron chi connectivity index (χ4n) is 6.36. The summed E-state index contributed by atoms with van der Waals surface area (Å²) in [5.74, 6) is 3.19. The molecule has 2 heterocycles. The summed E-state index contributed by atoms with van der Waals surface area (Å²) in [5, 5.41) is 14.9. The molecule has 2 N–H and O–H groups in total. The van der Waals surface area contributed by atoms with E-state index in [2.05, 4.69) is 29.0 Å². The summed E-state index contributed by atoms with van der Waals surface area (Å²) >= 11 is 6.34. The fourth-order valence-corrected chi connectivity index (χ4v) is 6.54. The molecule has 6 rings (SSSR count). The normalized spacial score (nSPS) is 43.2. The highest BCUT2D eigenvalue weighted by Gasteiger charge is 2.54. The summed E-state index contributed by atoms with van der Waals surface area (Å²) in [4.78, 5) is 11.5. The van der Waals surface area contributed by atoms with Crippen LogP contribution in [0.25, 0.3) is 0 Å². The van der Waals surface area contributed by atoms with Crippen LogP contribution >= 0.6 is 11.6 Å². The quantitative estimate of drug-likeness (QED) is 0.770. The Hall–Kier alpha value is -1.11. The van der Waals surface area contributed by atoms with Gasteiger partial charge < -0.3 is 20.1 Å². The van der Waals surface area contributed by atoms with Gasteiger partial charge >= 0.3 is 0 Å². The van der Waals surface area contributed by atoms with Crippen molar-refractivity contribution < 1.29 is 9.84 Å². The van der Waals surface area contributed by atoms with Gasteiger partial charge in [-0.1, -0.05) is 11.6 Å². The largest absolute Gasteiger partial charge is 0.390 e. The van der Waals surface area contributed by atoms with Crippen LogP contribution in [-0.4, -0.2) is 52.0 Å². The molecule has 7 heteroatoms. The summed E-state index contributed by atoms with van der Waals surface area (Å²) in [6, 6.07) is 2.19. The average Bonchev–Trinajstić information content (AvgIpc) is 2.55. The van der Waals surface area contributed by atoms with Crippen molar-refractivity contribution in [2.24, 2.45) is 17.8 Å². The van der Waals surface area contributed by atoms with Gasteiger partial charge in [-0.05, 0) is 63.7 Å². The molecule has 27 heavy (non-hydrogen) atoms. The molecule has 0 radical (unpaired) electrons. The van der Waals surface area contributed by atoms with Crippen LogP contribution in [0.2, 0.25) is 5.15 Å². The minimum absolute atomic E-state index is 0.170. The van der Waals surface area contributed by atoms with Crippen molar-refractivity contribution in [1.29, 1.82) is 0 Å². The van der Waals surface area contributed by atoms with Crippen LogP contribution < -0.4 is 10.2 Å². The van der Waals surface area contributed by atoms with Gasteiger partial charge in [0.25, 0.3) is 0 Å². The van der Waals surface area contributed by atoms with E-state index in [4.69, 9.17) is 21.3 Å². The van der Waals surface area contributed by atoms with E-state index in [0.717, 1.165) is 38.2 Å². The Kier molecular flexibility index (Phi) is 4.30. The van der Waals surface area contributed by atoms with Crippen LogP contribution in [0.5, 0.6) is 0 Å². The van der Waals surface area contributed by atoms with Crippen molar-refractivity contribution in [1.82, 2.24) is 9.97 Å². The van der Waals surface area contributed by atoms with Crippen LogP contribution in [0.15, 0.2) is 6.07 Å². The molecule has 0 amide bonds. The van der Waals surface area contributed by atoms with E-state index in [-0.39, 0.29) is 12.2 Å². The summed E-state index contributed by atoms with van der Waals surface area (Å²) in [6.07, 6.45) is 5.57. The number of aromatic nitrogens is 2. The molecule has 0 aromatic carbocycles. The highest BCUT2D eigenvalue weighted by atomic mass is 35.5. The van der Waals surface area contributed by atoms with Crippen LogP contribution in [0.3, 0.4) is 0 Å². The standard InChI is InChI=1S/C20H29ClN4O2/c1-11-9-25(10-12(2)27-11)17-5-16(21)22-19(23-17)24-18-14-3-13-4-15(18)8-20(26,6-13)7-14/h5,11-15,18,26H,3-4,6-10H2,1-2H3,(H,22,23,24)/t11-,12+,13?,14?,15?,18?,20?. The van der Waals surface area contributed by atoms with Crippen LogP contribution in [-0.2, 0) is 4.74 Å². The Bertz CT molecular complexity index is 706. The van der Waals surface area contributed by atoms with Gasteiger partial charge in [-0.2, -0.15) is 4.98 Å². The van der Waals surface area contributed by atoms with E-state index in [1.807, 2.05) is 6.07 Å². The summed E-state index contributed by atoms with van der Waals surface area (Å²) in [5.41, 5.74) is -0.422. The molecular weight excluding hydrogens is 364 g/mol. The molecule has 4 atom stereocenters. The Morgan fingerprint density at radius 3 is 2.44 bits per heavy atom. The number of ether oxygens (including phenoxy) is 1. The number of anilines is 2. The highest BCUT2D eigenvalue weighted by molar-refractivity contribution is 6.29. The Morgan fingerprint density at radius 1 is 1.15 bits per heavy atom. The van der Waals surface area contributed by atoms with Crippen molar-refractivity contribution in [2.75, 3.05) is 23.3 Å². The molecule has 4 saturated carbocycles. The van der Waals surface area contributed by atoms with Crippen LogP contribution in [0.4, 0.5) is 11.8 Å². The lowest BCUT2D eigenvalue weighted by Gasteiger charge is -2.58. The zero-order valence-corrected chi connectivity index (χ0v) is 16.8. The zero-order chi connectivity index (χ0) is 18.8. The van der Waals surface area contributed by atoms with Gasteiger partial charge in [0, 0.05) is 25.2 Å². The number of hydrogen-bond donors (Lipinski definition) is 2. The zero-order valence-electron chi connectivity index (χ0n) is 16.1. The smallest absolute Gasteiger partial charge is 0.226 e. The third-order valence-electron chi connectivity index (χ3n) is 6.96. The average molecular weight is 393 g/mol. The monoisotopic (exact) mass is 392 g/mol. The molecule has 0 spiro atoms. The molecule has 6 nitrogen and oxygen atoms in total. The van der Waals surface area contributed by atoms with E-state index in [1.165, 1.54) is 12.8 Å². The molecule has 2 unspecified atom stereocenters. The van der Waals surface area contributed by atoms with E-state index >= 15 is 0 Å². The molecule has 1 aliphatic heterocycles. The maximum Gasteiger partial charge on any atom is 0.226 e. The number of morpholine rings is 1. The van der Waals surface area contributed by atoms with E-state index in [9.17, 15) is 5.11 Å². The molecule has 1 saturated heterocycles. The molecule has 1 aromatic rings. The van der Waals surface area contributed by atoms with Gasteiger partial charge in [-0.3, -0.25) is 0 Å². The second-order valence-corrected chi connectivity index (χ2v) is 9.79. The van der Waals surface area contributed by atoms with Crippen molar-refractivity contribution in [3.05, 3.63) is 11.2 Å². The maximum atomic E-state index is 10.8. The van der Waals surface area contributed by atoms with Crippen LogP contribution in [0, 0.1) is 17.8 Å². The van der Waals surface area contributed by atoms with Crippen molar-refractivity contribution in [3.8, 4) is 0 Å². The summed E-state index contributed by atoms with van der Waals surface area (Å²) in [6.45, 7) is 5.79. The van der Waals surface area contributed by atoms with Gasteiger partial charge in [0.1, 0.15) is 11.0 Å². The SMILES string of the molecule is C[C@@H]1CN(c2cc(Cl)nc(NC3C4CC5CC3CC(O)(C5)C4)n2)C[C@H](C)O1. The molecule has 148 valence electrons. The van der Waals surface area contributed by atoms with Gasteiger partial charge in [0.2, 0.25) is 5.95 Å². The van der Waals surface area contributed by atoms with E-state index in [0.29, 0.717) is 34.9 Å². The first-order valence-corrected chi connectivity index (χ1v) is 10.7. The Balaban J connectivity index is 1.36. The first kappa shape index (κ1) is 18.0. The lowest BCUT2D eigenvalue weighted by molar-refractivity contribution is -0.129. The molecule has 4 aliphatic carbocycles. The first-order valence-electron chi connectivity index (χ1n) is 10.3. The molecule has 5 fully saturated rings. The Morgan fingerprint density at radius 2 is 1.81 bits per heavy atom. The number of hydrogen-bond acceptors (Lipinski definition) is 6. The predicted molar refractivity (Wildman–Crippen MR) is 105 cm³/mol. The number of nitrogens with zero attached hydrogens (tertiary/aromatic N) is 3. The lowest BCUT2D eigenvalue weighted by atomic mass is 9.52. The maximum absolute atomic E-state index is 10.8. The number of nitrogens with one attached hydrogen (secondary N) is 1. The van der Waals surface area contributed by atoms with E-state index < -0.39 is 5.60 Å². The third kappa shape index (κ3) is 3.40. The molecule has 5 aliphatic rings. The lowest BCUT2D eigenvalue weighted by Crippen LogP contribution is -2.59. The number of halogens is 1. The highest BCUT2D eigenvalue weighted by Crippen LogP contribution is 2.56. The van der Waals surface area contributed by atoms with Crippen LogP contribution in [0.1, 0.15) is 46.0 Å². The number of aliphatic hydroxyl groups is 1. The van der Waals surface area contributed by atoms with Gasteiger partial charge in [0.05, 0.1) is 17.8 Å². The van der Waals surface area contributed by atoms with Crippen molar-refractivity contribution >= 4 is 23.4 Å². The first-order chi connectivity index (χ1) is 12.9. The molecular formula is C20H29ClN4O2. The van der Waals surface area contributed by atoms with Gasteiger partial charge in [-0.15, -0.1) is 0 Å². The topological polar surface area (TPSA) is 70.5 Å². The van der Waals surface area contributed by atoms with Gasteiger partial charge in [0.15, 0.2) is 0 Å². The third-order valence-corrected chi connectivity index (χ3v) is 7.16.